The molecule has 0 aliphatic rings. The highest BCUT2D eigenvalue weighted by Crippen LogP contribution is 2.24. The maximum absolute atomic E-state index is 12.8. The van der Waals surface area contributed by atoms with E-state index < -0.39 is 0 Å². The molecule has 0 spiro atoms. The second kappa shape index (κ2) is 8.20. The van der Waals surface area contributed by atoms with Gasteiger partial charge in [0.1, 0.15) is 5.75 Å². The van der Waals surface area contributed by atoms with Crippen LogP contribution < -0.4 is 5.43 Å². The maximum Gasteiger partial charge on any atom is 0.272 e. The molecule has 0 saturated heterocycles. The summed E-state index contributed by atoms with van der Waals surface area (Å²) in [7, 11) is 0. The van der Waals surface area contributed by atoms with Crippen molar-refractivity contribution in [2.24, 2.45) is 5.10 Å². The third-order valence-electron chi connectivity index (χ3n) is 4.25. The zero-order valence-electron chi connectivity index (χ0n) is 15.1. The second-order valence-corrected chi connectivity index (χ2v) is 7.11. The van der Waals surface area contributed by atoms with Gasteiger partial charge in [0.25, 0.3) is 5.91 Å². The number of rotatable bonds is 4. The number of aromatic hydroxyl groups is 1. The number of carbonyl (C=O) groups excluding carboxylic acids is 1. The topological polar surface area (TPSA) is 87.5 Å². The van der Waals surface area contributed by atoms with Crippen LogP contribution in [-0.4, -0.2) is 27.2 Å². The SMILES string of the molecule is O=C(N/N=C\c1cc(Br)ccc1O)c1cc(-c2ccccn2)nc2ccccc12. The van der Waals surface area contributed by atoms with Gasteiger partial charge in [-0.05, 0) is 42.5 Å². The summed E-state index contributed by atoms with van der Waals surface area (Å²) in [6.45, 7) is 0. The second-order valence-electron chi connectivity index (χ2n) is 6.19. The number of hydrazone groups is 1. The summed E-state index contributed by atoms with van der Waals surface area (Å²) in [5, 5.41) is 14.6. The van der Waals surface area contributed by atoms with Gasteiger partial charge in [-0.25, -0.2) is 10.4 Å². The van der Waals surface area contributed by atoms with E-state index in [1.807, 2.05) is 42.5 Å². The van der Waals surface area contributed by atoms with Crippen LogP contribution in [0.2, 0.25) is 0 Å². The Kier molecular flexibility index (Phi) is 5.31. The molecule has 4 rings (SSSR count). The molecule has 29 heavy (non-hydrogen) atoms. The average molecular weight is 447 g/mol. The molecule has 4 aromatic rings. The Balaban J connectivity index is 1.68. The van der Waals surface area contributed by atoms with Crippen molar-refractivity contribution in [2.75, 3.05) is 0 Å². The van der Waals surface area contributed by atoms with E-state index in [1.54, 1.807) is 30.5 Å². The number of fused-ring (bicyclic) bond motifs is 1. The van der Waals surface area contributed by atoms with Crippen LogP contribution >= 0.6 is 15.9 Å². The minimum absolute atomic E-state index is 0.0676. The predicted molar refractivity (Wildman–Crippen MR) is 116 cm³/mol. The number of phenolic OH excluding ortho intramolecular Hbond substituents is 1. The lowest BCUT2D eigenvalue weighted by atomic mass is 10.1. The first-order chi connectivity index (χ1) is 14.1. The Morgan fingerprint density at radius 1 is 1.03 bits per heavy atom. The van der Waals surface area contributed by atoms with Crippen molar-refractivity contribution in [1.29, 1.82) is 0 Å². The molecule has 0 atom stereocenters. The molecule has 0 radical (unpaired) electrons. The number of carbonyl (C=O) groups is 1. The van der Waals surface area contributed by atoms with Crippen LogP contribution in [0.3, 0.4) is 0 Å². The minimum Gasteiger partial charge on any atom is -0.507 e. The Bertz CT molecular complexity index is 1230. The van der Waals surface area contributed by atoms with Crippen LogP contribution in [-0.2, 0) is 0 Å². The van der Waals surface area contributed by atoms with Gasteiger partial charge in [-0.15, -0.1) is 0 Å². The zero-order valence-corrected chi connectivity index (χ0v) is 16.7. The average Bonchev–Trinajstić information content (AvgIpc) is 2.76. The molecule has 0 aliphatic carbocycles. The van der Waals surface area contributed by atoms with Crippen LogP contribution in [0.15, 0.2) is 82.5 Å². The van der Waals surface area contributed by atoms with E-state index in [9.17, 15) is 9.90 Å². The smallest absolute Gasteiger partial charge is 0.272 e. The van der Waals surface area contributed by atoms with Gasteiger partial charge in [0, 0.05) is 21.6 Å². The Morgan fingerprint density at radius 3 is 2.69 bits per heavy atom. The van der Waals surface area contributed by atoms with E-state index >= 15 is 0 Å². The number of benzene rings is 2. The Labute approximate surface area is 175 Å². The number of para-hydroxylation sites is 1. The van der Waals surface area contributed by atoms with Crippen LogP contribution in [0, 0.1) is 0 Å². The van der Waals surface area contributed by atoms with Crippen molar-refractivity contribution >= 4 is 39.0 Å². The summed E-state index contributed by atoms with van der Waals surface area (Å²) < 4.78 is 0.795. The number of nitrogens with one attached hydrogen (secondary N) is 1. The highest BCUT2D eigenvalue weighted by atomic mass is 79.9. The predicted octanol–water partition coefficient (Wildman–Crippen LogP) is 4.53. The van der Waals surface area contributed by atoms with Gasteiger partial charge in [-0.2, -0.15) is 5.10 Å². The monoisotopic (exact) mass is 446 g/mol. The molecule has 1 amide bonds. The number of nitrogens with zero attached hydrogens (tertiary/aromatic N) is 3. The molecule has 2 aromatic carbocycles. The molecular formula is C22H15BrN4O2. The quantitative estimate of drug-likeness (QED) is 0.356. The lowest BCUT2D eigenvalue weighted by Gasteiger charge is -2.08. The molecule has 0 fully saturated rings. The number of aromatic nitrogens is 2. The minimum atomic E-state index is -0.383. The largest absolute Gasteiger partial charge is 0.507 e. The summed E-state index contributed by atoms with van der Waals surface area (Å²) in [4.78, 5) is 21.8. The number of phenols is 1. The highest BCUT2D eigenvalue weighted by Gasteiger charge is 2.14. The molecule has 0 bridgehead atoms. The number of halogens is 1. The van der Waals surface area contributed by atoms with Crippen molar-refractivity contribution in [1.82, 2.24) is 15.4 Å². The van der Waals surface area contributed by atoms with E-state index in [1.165, 1.54) is 6.21 Å². The van der Waals surface area contributed by atoms with Crippen molar-refractivity contribution in [3.63, 3.8) is 0 Å². The fourth-order valence-corrected chi connectivity index (χ4v) is 3.24. The van der Waals surface area contributed by atoms with Crippen LogP contribution in [0.5, 0.6) is 5.75 Å². The third-order valence-corrected chi connectivity index (χ3v) is 4.74. The van der Waals surface area contributed by atoms with Gasteiger partial charge in [0.15, 0.2) is 0 Å². The molecule has 0 aliphatic heterocycles. The molecule has 2 aromatic heterocycles. The van der Waals surface area contributed by atoms with Gasteiger partial charge < -0.3 is 5.11 Å². The summed E-state index contributed by atoms with van der Waals surface area (Å²) in [5.41, 5.74) is 5.40. The molecular weight excluding hydrogens is 432 g/mol. The van der Waals surface area contributed by atoms with E-state index in [0.29, 0.717) is 33.4 Å². The standard InChI is InChI=1S/C22H15BrN4O2/c23-15-8-9-21(28)14(11-15)13-25-27-22(29)17-12-20(19-7-3-4-10-24-19)26-18-6-2-1-5-16(17)18/h1-13,28H,(H,27,29)/b25-13-. The molecule has 6 nitrogen and oxygen atoms in total. The van der Waals surface area contributed by atoms with Gasteiger partial charge in [-0.1, -0.05) is 40.2 Å². The van der Waals surface area contributed by atoms with Crippen LogP contribution in [0.25, 0.3) is 22.3 Å². The summed E-state index contributed by atoms with van der Waals surface area (Å²) in [5.74, 6) is -0.315. The highest BCUT2D eigenvalue weighted by molar-refractivity contribution is 9.10. The van der Waals surface area contributed by atoms with E-state index in [-0.39, 0.29) is 11.7 Å². The van der Waals surface area contributed by atoms with Crippen molar-refractivity contribution in [2.45, 2.75) is 0 Å². The zero-order chi connectivity index (χ0) is 20.2. The van der Waals surface area contributed by atoms with Crippen LogP contribution in [0.1, 0.15) is 15.9 Å². The molecule has 7 heteroatoms. The molecule has 142 valence electrons. The number of hydrogen-bond donors (Lipinski definition) is 2. The van der Waals surface area contributed by atoms with Crippen LogP contribution in [0.4, 0.5) is 0 Å². The molecule has 2 heterocycles. The van der Waals surface area contributed by atoms with Crippen molar-refractivity contribution < 1.29 is 9.90 Å². The van der Waals surface area contributed by atoms with Crippen molar-refractivity contribution in [3.8, 4) is 17.1 Å². The fourth-order valence-electron chi connectivity index (χ4n) is 2.86. The van der Waals surface area contributed by atoms with Gasteiger partial charge in [-0.3, -0.25) is 9.78 Å². The summed E-state index contributed by atoms with van der Waals surface area (Å²) in [6.07, 6.45) is 3.07. The lowest BCUT2D eigenvalue weighted by Crippen LogP contribution is -2.18. The number of hydrogen-bond acceptors (Lipinski definition) is 5. The number of pyridine rings is 2. The molecule has 0 unspecified atom stereocenters. The molecule has 0 saturated carbocycles. The normalized spacial score (nSPS) is 11.1. The summed E-state index contributed by atoms with van der Waals surface area (Å²) >= 11 is 3.34. The lowest BCUT2D eigenvalue weighted by molar-refractivity contribution is 0.0956. The first kappa shape index (κ1) is 18.8. The maximum atomic E-state index is 12.8. The van der Waals surface area contributed by atoms with Gasteiger partial charge in [0.05, 0.1) is 28.7 Å². The third kappa shape index (κ3) is 4.14. The van der Waals surface area contributed by atoms with E-state index in [4.69, 9.17) is 0 Å². The Morgan fingerprint density at radius 2 is 1.86 bits per heavy atom. The Hall–Kier alpha value is -3.58. The number of amides is 1. The van der Waals surface area contributed by atoms with E-state index in [2.05, 4.69) is 36.4 Å². The molecule has 2 N–H and O–H groups in total. The van der Waals surface area contributed by atoms with Crippen molar-refractivity contribution in [3.05, 3.63) is 88.5 Å². The fraction of sp³-hybridized carbons (Fsp3) is 0. The summed E-state index contributed by atoms with van der Waals surface area (Å²) in [6, 6.07) is 19.6. The first-order valence-corrected chi connectivity index (χ1v) is 9.54. The first-order valence-electron chi connectivity index (χ1n) is 8.75. The van der Waals surface area contributed by atoms with Gasteiger partial charge >= 0.3 is 0 Å². The van der Waals surface area contributed by atoms with Gasteiger partial charge in [0.2, 0.25) is 0 Å². The van der Waals surface area contributed by atoms with E-state index in [0.717, 1.165) is 4.47 Å².